The molecule has 2 rings (SSSR count). The second-order valence-electron chi connectivity index (χ2n) is 3.40. The fourth-order valence-corrected chi connectivity index (χ4v) is 2.08. The maximum Gasteiger partial charge on any atom is 0.268 e. The molecule has 0 spiro atoms. The molecule has 2 N–H and O–H groups in total. The topological polar surface area (TPSA) is 75.2 Å². The molecule has 0 saturated carbocycles. The highest BCUT2D eigenvalue weighted by atomic mass is 127. The van der Waals surface area contributed by atoms with Crippen LogP contribution < -0.4 is 10.3 Å². The highest BCUT2D eigenvalue weighted by Gasteiger charge is 2.12. The molecule has 1 aromatic carbocycles. The molecular weight excluding hydrogens is 415 g/mol. The first kappa shape index (κ1) is 13.3. The number of benzene rings is 1. The van der Waals surface area contributed by atoms with E-state index in [9.17, 15) is 9.90 Å². The molecule has 5 nitrogen and oxygen atoms in total. The van der Waals surface area contributed by atoms with Crippen molar-refractivity contribution in [2.24, 2.45) is 0 Å². The first-order valence-corrected chi connectivity index (χ1v) is 6.73. The maximum absolute atomic E-state index is 11.6. The van der Waals surface area contributed by atoms with Crippen LogP contribution in [0.2, 0.25) is 0 Å². The molecule has 0 unspecified atom stereocenters. The van der Waals surface area contributed by atoms with Gasteiger partial charge in [0.15, 0.2) is 0 Å². The van der Waals surface area contributed by atoms with Gasteiger partial charge in [-0.3, -0.25) is 4.79 Å². The van der Waals surface area contributed by atoms with Crippen LogP contribution >= 0.6 is 38.5 Å². The molecule has 7 heteroatoms. The summed E-state index contributed by atoms with van der Waals surface area (Å²) in [7, 11) is 1.55. The van der Waals surface area contributed by atoms with Crippen molar-refractivity contribution in [3.05, 3.63) is 36.6 Å². The summed E-state index contributed by atoms with van der Waals surface area (Å²) in [6.45, 7) is 0. The van der Waals surface area contributed by atoms with Crippen molar-refractivity contribution < 1.29 is 9.84 Å². The van der Waals surface area contributed by atoms with Crippen LogP contribution in [0.4, 0.5) is 0 Å². The summed E-state index contributed by atoms with van der Waals surface area (Å²) in [5.41, 5.74) is 0.256. The minimum absolute atomic E-state index is 0.162. The predicted octanol–water partition coefficient (Wildman–Crippen LogP) is 2.52. The van der Waals surface area contributed by atoms with Crippen LogP contribution in [0.15, 0.2) is 27.5 Å². The molecule has 0 aliphatic carbocycles. The second kappa shape index (κ2) is 5.27. The van der Waals surface area contributed by atoms with Gasteiger partial charge in [0.1, 0.15) is 15.1 Å². The summed E-state index contributed by atoms with van der Waals surface area (Å²) in [4.78, 5) is 18.1. The summed E-state index contributed by atoms with van der Waals surface area (Å²) >= 11 is 5.10. The van der Waals surface area contributed by atoms with Crippen molar-refractivity contribution in [2.45, 2.75) is 0 Å². The van der Waals surface area contributed by atoms with Crippen LogP contribution in [0.5, 0.6) is 11.6 Å². The standard InChI is InChI=1S/C11H8BrIN2O3/c1-18-5-2-3-7(12)6(4-5)9-14-10(16)8(13)11(17)15-9/h2-4H,1H3,(H2,14,15,16,17). The van der Waals surface area contributed by atoms with Gasteiger partial charge in [0.25, 0.3) is 5.56 Å². The van der Waals surface area contributed by atoms with Crippen molar-refractivity contribution in [3.63, 3.8) is 0 Å². The van der Waals surface area contributed by atoms with Crippen LogP contribution in [0.3, 0.4) is 0 Å². The molecule has 0 aliphatic rings. The smallest absolute Gasteiger partial charge is 0.268 e. The monoisotopic (exact) mass is 422 g/mol. The number of aromatic amines is 1. The molecule has 0 atom stereocenters. The fraction of sp³-hybridized carbons (Fsp3) is 0.0909. The average molecular weight is 423 g/mol. The van der Waals surface area contributed by atoms with Crippen LogP contribution in [-0.2, 0) is 0 Å². The lowest BCUT2D eigenvalue weighted by Crippen LogP contribution is -2.12. The number of aromatic hydroxyl groups is 1. The van der Waals surface area contributed by atoms with Crippen LogP contribution in [-0.4, -0.2) is 22.2 Å². The van der Waals surface area contributed by atoms with Crippen molar-refractivity contribution in [3.8, 4) is 23.0 Å². The van der Waals surface area contributed by atoms with Crippen LogP contribution in [0, 0.1) is 3.57 Å². The number of rotatable bonds is 2. The molecular formula is C11H8BrIN2O3. The normalized spacial score (nSPS) is 10.4. The molecule has 18 heavy (non-hydrogen) atoms. The van der Waals surface area contributed by atoms with Gasteiger partial charge in [-0.05, 0) is 40.8 Å². The van der Waals surface area contributed by atoms with E-state index < -0.39 is 0 Å². The van der Waals surface area contributed by atoms with Gasteiger partial charge in [-0.1, -0.05) is 15.9 Å². The van der Waals surface area contributed by atoms with Gasteiger partial charge in [0.2, 0.25) is 5.88 Å². The van der Waals surface area contributed by atoms with Gasteiger partial charge in [-0.2, -0.15) is 4.98 Å². The summed E-state index contributed by atoms with van der Waals surface area (Å²) in [5, 5.41) is 9.57. The molecule has 94 valence electrons. The van der Waals surface area contributed by atoms with Crippen molar-refractivity contribution >= 4 is 38.5 Å². The Morgan fingerprint density at radius 3 is 2.83 bits per heavy atom. The number of ether oxygens (including phenoxy) is 1. The first-order valence-electron chi connectivity index (χ1n) is 4.85. The molecule has 0 radical (unpaired) electrons. The van der Waals surface area contributed by atoms with E-state index in [1.54, 1.807) is 47.9 Å². The Morgan fingerprint density at radius 1 is 1.50 bits per heavy atom. The molecule has 0 aliphatic heterocycles. The van der Waals surface area contributed by atoms with E-state index in [0.717, 1.165) is 4.47 Å². The number of hydrogen-bond acceptors (Lipinski definition) is 4. The molecule has 1 heterocycles. The van der Waals surface area contributed by atoms with Gasteiger partial charge in [0.05, 0.1) is 7.11 Å². The van der Waals surface area contributed by atoms with E-state index in [4.69, 9.17) is 4.74 Å². The lowest BCUT2D eigenvalue weighted by atomic mass is 10.2. The Bertz CT molecular complexity index is 657. The average Bonchev–Trinajstić information content (AvgIpc) is 2.36. The van der Waals surface area contributed by atoms with E-state index >= 15 is 0 Å². The largest absolute Gasteiger partial charge is 0.497 e. The number of H-pyrrole nitrogens is 1. The SMILES string of the molecule is COc1ccc(Br)c(-c2nc(O)c(I)c(=O)[nH]2)c1. The van der Waals surface area contributed by atoms with E-state index in [-0.39, 0.29) is 20.8 Å². The van der Waals surface area contributed by atoms with E-state index in [1.807, 2.05) is 0 Å². The zero-order valence-corrected chi connectivity index (χ0v) is 12.9. The summed E-state index contributed by atoms with van der Waals surface area (Å²) in [5.74, 6) is 0.627. The highest BCUT2D eigenvalue weighted by molar-refractivity contribution is 14.1. The Labute approximate surface area is 124 Å². The molecule has 0 fully saturated rings. The third-order valence-corrected chi connectivity index (χ3v) is 3.94. The molecule has 0 saturated heterocycles. The van der Waals surface area contributed by atoms with Crippen molar-refractivity contribution in [2.75, 3.05) is 7.11 Å². The van der Waals surface area contributed by atoms with Gasteiger partial charge < -0.3 is 14.8 Å². The second-order valence-corrected chi connectivity index (χ2v) is 5.33. The molecule has 0 amide bonds. The number of aromatic nitrogens is 2. The lowest BCUT2D eigenvalue weighted by Gasteiger charge is -2.07. The van der Waals surface area contributed by atoms with Gasteiger partial charge in [-0.15, -0.1) is 0 Å². The van der Waals surface area contributed by atoms with E-state index in [1.165, 1.54) is 0 Å². The quantitative estimate of drug-likeness (QED) is 0.729. The number of halogens is 2. The summed E-state index contributed by atoms with van der Waals surface area (Å²) in [6, 6.07) is 5.27. The summed E-state index contributed by atoms with van der Waals surface area (Å²) in [6.07, 6.45) is 0. The zero-order chi connectivity index (χ0) is 13.3. The van der Waals surface area contributed by atoms with Crippen LogP contribution in [0.25, 0.3) is 11.4 Å². The number of nitrogens with one attached hydrogen (secondary N) is 1. The number of nitrogens with zero attached hydrogens (tertiary/aromatic N) is 1. The Kier molecular flexibility index (Phi) is 3.91. The lowest BCUT2D eigenvalue weighted by molar-refractivity contribution is 0.415. The van der Waals surface area contributed by atoms with E-state index in [2.05, 4.69) is 25.9 Å². The number of hydrogen-bond donors (Lipinski definition) is 2. The van der Waals surface area contributed by atoms with E-state index in [0.29, 0.717) is 11.3 Å². The highest BCUT2D eigenvalue weighted by Crippen LogP contribution is 2.30. The van der Waals surface area contributed by atoms with Crippen LogP contribution in [0.1, 0.15) is 0 Å². The minimum Gasteiger partial charge on any atom is -0.497 e. The third-order valence-electron chi connectivity index (χ3n) is 2.27. The summed E-state index contributed by atoms with van der Waals surface area (Å²) < 4.78 is 6.02. The molecule has 1 aromatic heterocycles. The fourth-order valence-electron chi connectivity index (χ4n) is 1.39. The van der Waals surface area contributed by atoms with Gasteiger partial charge in [-0.25, -0.2) is 0 Å². The molecule has 2 aromatic rings. The third kappa shape index (κ3) is 2.51. The Hall–Kier alpha value is -1.09. The predicted molar refractivity (Wildman–Crippen MR) is 78.9 cm³/mol. The van der Waals surface area contributed by atoms with Gasteiger partial charge in [0, 0.05) is 10.0 Å². The maximum atomic E-state index is 11.6. The van der Waals surface area contributed by atoms with Crippen molar-refractivity contribution in [1.82, 2.24) is 9.97 Å². The Morgan fingerprint density at radius 2 is 2.22 bits per heavy atom. The minimum atomic E-state index is -0.382. The Balaban J connectivity index is 2.65. The zero-order valence-electron chi connectivity index (χ0n) is 9.20. The molecule has 0 bridgehead atoms. The number of methoxy groups -OCH3 is 1. The first-order chi connectivity index (χ1) is 8.52. The van der Waals surface area contributed by atoms with Gasteiger partial charge >= 0.3 is 0 Å². The van der Waals surface area contributed by atoms with Crippen molar-refractivity contribution in [1.29, 1.82) is 0 Å².